The fraction of sp³-hybridized carbons (Fsp3) is 0.417. The van der Waals surface area contributed by atoms with E-state index in [0.717, 1.165) is 25.7 Å². The first-order valence-corrected chi connectivity index (χ1v) is 5.73. The second-order valence-corrected chi connectivity index (χ2v) is 4.05. The van der Waals surface area contributed by atoms with Crippen molar-refractivity contribution in [3.05, 3.63) is 33.6 Å². The first-order valence-electron chi connectivity index (χ1n) is 5.73. The number of carbonyl (C=O) groups is 1. The molecule has 1 unspecified atom stereocenters. The quantitative estimate of drug-likeness (QED) is 0.505. The number of methoxy groups -OCH3 is 1. The number of hydrogen-bond acceptors (Lipinski definition) is 5. The molecular formula is C12H15FN2O4. The molecular weight excluding hydrogens is 255 g/mol. The van der Waals surface area contributed by atoms with Crippen LogP contribution in [0.1, 0.15) is 30.6 Å². The Balaban J connectivity index is 3.31. The van der Waals surface area contributed by atoms with E-state index < -0.39 is 22.4 Å². The van der Waals surface area contributed by atoms with E-state index in [9.17, 15) is 19.3 Å². The summed E-state index contributed by atoms with van der Waals surface area (Å²) in [5.74, 6) is -1.85. The normalized spacial score (nSPS) is 11.8. The van der Waals surface area contributed by atoms with Crippen LogP contribution < -0.4 is 5.32 Å². The van der Waals surface area contributed by atoms with Crippen molar-refractivity contribution in [1.29, 1.82) is 0 Å². The lowest BCUT2D eigenvalue weighted by atomic mass is 10.1. The summed E-state index contributed by atoms with van der Waals surface area (Å²) in [5, 5.41) is 13.7. The molecule has 19 heavy (non-hydrogen) atoms. The van der Waals surface area contributed by atoms with Crippen molar-refractivity contribution in [3.63, 3.8) is 0 Å². The van der Waals surface area contributed by atoms with Crippen molar-refractivity contribution < 1.29 is 18.8 Å². The molecule has 0 fully saturated rings. The number of hydrogen-bond donors (Lipinski definition) is 1. The number of nitrogens with one attached hydrogen (secondary N) is 1. The maximum atomic E-state index is 13.6. The average Bonchev–Trinajstić information content (AvgIpc) is 2.38. The van der Waals surface area contributed by atoms with Crippen molar-refractivity contribution in [2.75, 3.05) is 12.4 Å². The number of carbonyl (C=O) groups excluding carboxylic acids is 1. The molecule has 7 heteroatoms. The van der Waals surface area contributed by atoms with Crippen LogP contribution >= 0.6 is 0 Å². The number of ether oxygens (including phenoxy) is 1. The van der Waals surface area contributed by atoms with E-state index in [-0.39, 0.29) is 17.3 Å². The Morgan fingerprint density at radius 3 is 2.68 bits per heavy atom. The lowest BCUT2D eigenvalue weighted by Crippen LogP contribution is -2.16. The van der Waals surface area contributed by atoms with E-state index >= 15 is 0 Å². The lowest BCUT2D eigenvalue weighted by molar-refractivity contribution is -0.384. The Kier molecular flexibility index (Phi) is 4.80. The van der Waals surface area contributed by atoms with Crippen LogP contribution in [0.25, 0.3) is 0 Å². The van der Waals surface area contributed by atoms with E-state index in [4.69, 9.17) is 0 Å². The van der Waals surface area contributed by atoms with Gasteiger partial charge in [0.25, 0.3) is 5.69 Å². The Bertz CT molecular complexity index is 505. The van der Waals surface area contributed by atoms with Gasteiger partial charge in [-0.2, -0.15) is 0 Å². The van der Waals surface area contributed by atoms with Crippen molar-refractivity contribution in [2.45, 2.75) is 26.3 Å². The zero-order chi connectivity index (χ0) is 14.6. The van der Waals surface area contributed by atoms with E-state index in [1.54, 1.807) is 0 Å². The Morgan fingerprint density at radius 2 is 2.21 bits per heavy atom. The lowest BCUT2D eigenvalue weighted by Gasteiger charge is -2.14. The van der Waals surface area contributed by atoms with Gasteiger partial charge in [-0.05, 0) is 19.4 Å². The number of esters is 1. The molecule has 1 rings (SSSR count). The molecule has 0 saturated heterocycles. The van der Waals surface area contributed by atoms with Gasteiger partial charge in [-0.3, -0.25) is 10.1 Å². The average molecular weight is 270 g/mol. The number of nitro benzene ring substituents is 1. The Labute approximate surface area is 109 Å². The van der Waals surface area contributed by atoms with Gasteiger partial charge in [0.05, 0.1) is 23.7 Å². The number of nitro groups is 1. The standard InChI is InChI=1S/C12H15FN2O4/c1-4-7(2)14-10-5-8(12(16)19-3)9(13)6-11(10)15(17)18/h5-7,14H,4H2,1-3H3. The number of nitrogens with zero attached hydrogens (tertiary/aromatic N) is 1. The predicted octanol–water partition coefficient (Wildman–Crippen LogP) is 2.73. The van der Waals surface area contributed by atoms with Crippen LogP contribution in [0.15, 0.2) is 12.1 Å². The highest BCUT2D eigenvalue weighted by Gasteiger charge is 2.22. The van der Waals surface area contributed by atoms with Gasteiger partial charge in [-0.15, -0.1) is 0 Å². The second-order valence-electron chi connectivity index (χ2n) is 4.05. The fourth-order valence-electron chi connectivity index (χ4n) is 1.46. The van der Waals surface area contributed by atoms with Crippen molar-refractivity contribution in [3.8, 4) is 0 Å². The van der Waals surface area contributed by atoms with Crippen LogP contribution in [-0.4, -0.2) is 24.0 Å². The molecule has 1 atom stereocenters. The summed E-state index contributed by atoms with van der Waals surface area (Å²) >= 11 is 0. The summed E-state index contributed by atoms with van der Waals surface area (Å²) in [5.41, 5.74) is -0.648. The number of halogens is 1. The fourth-order valence-corrected chi connectivity index (χ4v) is 1.46. The van der Waals surface area contributed by atoms with E-state index in [2.05, 4.69) is 10.1 Å². The topological polar surface area (TPSA) is 81.5 Å². The summed E-state index contributed by atoms with van der Waals surface area (Å²) < 4.78 is 18.0. The first-order chi connectivity index (χ1) is 8.90. The number of rotatable bonds is 5. The van der Waals surface area contributed by atoms with Crippen LogP contribution in [0.3, 0.4) is 0 Å². The molecule has 1 N–H and O–H groups in total. The summed E-state index contributed by atoms with van der Waals surface area (Å²) in [7, 11) is 1.12. The van der Waals surface area contributed by atoms with Gasteiger partial charge in [-0.25, -0.2) is 9.18 Å². The summed E-state index contributed by atoms with van der Waals surface area (Å²) in [6, 6.07) is 1.78. The van der Waals surface area contributed by atoms with E-state index in [1.807, 2.05) is 13.8 Å². The van der Waals surface area contributed by atoms with E-state index in [1.165, 1.54) is 0 Å². The summed E-state index contributed by atoms with van der Waals surface area (Å²) in [6.45, 7) is 3.72. The highest BCUT2D eigenvalue weighted by atomic mass is 19.1. The molecule has 0 aromatic heterocycles. The van der Waals surface area contributed by atoms with Crippen molar-refractivity contribution in [2.24, 2.45) is 0 Å². The Hall–Kier alpha value is -2.18. The van der Waals surface area contributed by atoms with Crippen molar-refractivity contribution in [1.82, 2.24) is 0 Å². The third-order valence-electron chi connectivity index (χ3n) is 2.70. The third kappa shape index (κ3) is 3.40. The second kappa shape index (κ2) is 6.12. The molecule has 0 aliphatic carbocycles. The van der Waals surface area contributed by atoms with Crippen LogP contribution in [-0.2, 0) is 4.74 Å². The minimum atomic E-state index is -0.978. The third-order valence-corrected chi connectivity index (χ3v) is 2.70. The first kappa shape index (κ1) is 14.9. The molecule has 0 heterocycles. The van der Waals surface area contributed by atoms with Crippen LogP contribution in [0.2, 0.25) is 0 Å². The minimum absolute atomic E-state index is 0.0466. The molecule has 0 aliphatic heterocycles. The van der Waals surface area contributed by atoms with E-state index in [0.29, 0.717) is 0 Å². The van der Waals surface area contributed by atoms with Crippen LogP contribution in [0.4, 0.5) is 15.8 Å². The number of benzene rings is 1. The van der Waals surface area contributed by atoms with Gasteiger partial charge in [0.2, 0.25) is 0 Å². The summed E-state index contributed by atoms with van der Waals surface area (Å²) in [6.07, 6.45) is 0.724. The van der Waals surface area contributed by atoms with Crippen molar-refractivity contribution >= 4 is 17.3 Å². The molecule has 1 aromatic rings. The van der Waals surface area contributed by atoms with Gasteiger partial charge >= 0.3 is 5.97 Å². The SMILES string of the molecule is CCC(C)Nc1cc(C(=O)OC)c(F)cc1[N+](=O)[O-]. The molecule has 0 amide bonds. The minimum Gasteiger partial charge on any atom is -0.465 e. The van der Waals surface area contributed by atoms with Gasteiger partial charge in [0.15, 0.2) is 0 Å². The molecule has 0 aliphatic rings. The maximum absolute atomic E-state index is 13.6. The molecule has 104 valence electrons. The highest BCUT2D eigenvalue weighted by molar-refractivity contribution is 5.92. The monoisotopic (exact) mass is 270 g/mol. The number of anilines is 1. The molecule has 0 radical (unpaired) electrons. The molecule has 6 nitrogen and oxygen atoms in total. The molecule has 0 saturated carbocycles. The van der Waals surface area contributed by atoms with Gasteiger partial charge in [-0.1, -0.05) is 6.92 Å². The summed E-state index contributed by atoms with van der Waals surface area (Å²) in [4.78, 5) is 21.5. The van der Waals surface area contributed by atoms with Gasteiger partial charge in [0.1, 0.15) is 11.5 Å². The van der Waals surface area contributed by atoms with Crippen LogP contribution in [0, 0.1) is 15.9 Å². The Morgan fingerprint density at radius 1 is 1.58 bits per heavy atom. The maximum Gasteiger partial charge on any atom is 0.340 e. The smallest absolute Gasteiger partial charge is 0.340 e. The molecule has 0 bridgehead atoms. The predicted molar refractivity (Wildman–Crippen MR) is 67.8 cm³/mol. The molecule has 1 aromatic carbocycles. The van der Waals surface area contributed by atoms with Gasteiger partial charge < -0.3 is 10.1 Å². The molecule has 0 spiro atoms. The zero-order valence-corrected chi connectivity index (χ0v) is 10.9. The van der Waals surface area contributed by atoms with Gasteiger partial charge in [0, 0.05) is 6.04 Å². The highest BCUT2D eigenvalue weighted by Crippen LogP contribution is 2.29. The zero-order valence-electron chi connectivity index (χ0n) is 10.9. The van der Waals surface area contributed by atoms with Crippen LogP contribution in [0.5, 0.6) is 0 Å². The largest absolute Gasteiger partial charge is 0.465 e.